The molecule has 13 nitrogen and oxygen atoms in total. The summed E-state index contributed by atoms with van der Waals surface area (Å²) in [5.74, 6) is 0.124. The molecule has 1 fully saturated rings. The number of hydrogen-bond acceptors (Lipinski definition) is 12. The van der Waals surface area contributed by atoms with Crippen molar-refractivity contribution in [2.75, 3.05) is 63.3 Å². The van der Waals surface area contributed by atoms with Gasteiger partial charge in [-0.05, 0) is 118 Å². The number of rotatable bonds is 16. The summed E-state index contributed by atoms with van der Waals surface area (Å²) in [4.78, 5) is 39.0. The number of nitrogens with one attached hydrogen (secondary N) is 3. The molecule has 3 aromatic rings. The molecular formula is C42H63N7O6. The molecule has 1 aliphatic rings. The summed E-state index contributed by atoms with van der Waals surface area (Å²) in [5.41, 5.74) is 4.28. The Bertz CT molecular complexity index is 1680. The van der Waals surface area contributed by atoms with E-state index < -0.39 is 22.8 Å². The van der Waals surface area contributed by atoms with Gasteiger partial charge in [-0.15, -0.1) is 0 Å². The van der Waals surface area contributed by atoms with Gasteiger partial charge in [0.2, 0.25) is 5.95 Å². The molecular weight excluding hydrogens is 699 g/mol. The van der Waals surface area contributed by atoms with E-state index in [1.54, 1.807) is 6.20 Å². The molecule has 3 N–H and O–H groups in total. The first-order valence-electron chi connectivity index (χ1n) is 19.2. The van der Waals surface area contributed by atoms with Crippen LogP contribution in [-0.4, -0.2) is 103 Å². The van der Waals surface area contributed by atoms with Gasteiger partial charge in [-0.25, -0.2) is 14.8 Å². The van der Waals surface area contributed by atoms with Gasteiger partial charge in [0.05, 0.1) is 31.1 Å². The highest BCUT2D eigenvalue weighted by atomic mass is 16.6. The number of hydrogen-bond donors (Lipinski definition) is 3. The van der Waals surface area contributed by atoms with E-state index in [-0.39, 0.29) is 18.7 Å². The van der Waals surface area contributed by atoms with E-state index in [1.807, 2.05) is 74.4 Å². The predicted octanol–water partition coefficient (Wildman–Crippen LogP) is 6.69. The lowest BCUT2D eigenvalue weighted by molar-refractivity contribution is -0.160. The molecule has 13 heteroatoms. The summed E-state index contributed by atoms with van der Waals surface area (Å²) in [6, 6.07) is 15.9. The van der Waals surface area contributed by atoms with Gasteiger partial charge in [0.25, 0.3) is 0 Å². The molecule has 1 atom stereocenters. The number of benzene rings is 2. The number of amides is 1. The average molecular weight is 762 g/mol. The van der Waals surface area contributed by atoms with E-state index in [0.29, 0.717) is 32.3 Å². The fraction of sp³-hybridized carbons (Fsp3) is 0.571. The summed E-state index contributed by atoms with van der Waals surface area (Å²) >= 11 is 0. The maximum atomic E-state index is 13.2. The minimum Gasteiger partial charge on any atom is -0.459 e. The second kappa shape index (κ2) is 19.5. The molecule has 1 aromatic heterocycles. The van der Waals surface area contributed by atoms with Gasteiger partial charge < -0.3 is 39.4 Å². The van der Waals surface area contributed by atoms with Gasteiger partial charge in [0, 0.05) is 55.9 Å². The Labute approximate surface area is 327 Å². The lowest BCUT2D eigenvalue weighted by Gasteiger charge is -2.30. The van der Waals surface area contributed by atoms with Crippen molar-refractivity contribution in [3.63, 3.8) is 0 Å². The number of ether oxygens (including phenoxy) is 4. The minimum atomic E-state index is -0.651. The zero-order valence-corrected chi connectivity index (χ0v) is 34.6. The van der Waals surface area contributed by atoms with E-state index in [2.05, 4.69) is 74.2 Å². The topological polar surface area (TPSA) is 139 Å². The van der Waals surface area contributed by atoms with Crippen LogP contribution in [0.2, 0.25) is 0 Å². The SMILES string of the molecule is CN(CCCNC(=O)OC(C)(C)C)Cc1ccc(-c2ccnc(Nc3cc(CNC(COC(C)(C)C)C(=O)OC(C)(C)C)cc(N4CCOCC4)c3)n2)cc1. The first kappa shape index (κ1) is 43.4. The highest BCUT2D eigenvalue weighted by Crippen LogP contribution is 2.27. The first-order chi connectivity index (χ1) is 25.8. The number of morpholine rings is 1. The molecule has 1 aliphatic heterocycles. The third kappa shape index (κ3) is 16.1. The molecule has 4 rings (SSSR count). The number of carbonyl (C=O) groups is 2. The van der Waals surface area contributed by atoms with Gasteiger partial charge in [0.1, 0.15) is 17.2 Å². The third-order valence-corrected chi connectivity index (χ3v) is 8.28. The molecule has 1 amide bonds. The second-order valence-corrected chi connectivity index (χ2v) is 17.0. The van der Waals surface area contributed by atoms with Crippen molar-refractivity contribution in [3.05, 3.63) is 65.9 Å². The summed E-state index contributed by atoms with van der Waals surface area (Å²) in [6.07, 6.45) is 2.18. The fourth-order valence-corrected chi connectivity index (χ4v) is 5.74. The molecule has 2 heterocycles. The molecule has 302 valence electrons. The van der Waals surface area contributed by atoms with Crippen LogP contribution < -0.4 is 20.9 Å². The van der Waals surface area contributed by atoms with Gasteiger partial charge >= 0.3 is 12.1 Å². The van der Waals surface area contributed by atoms with Crippen LogP contribution >= 0.6 is 0 Å². The molecule has 1 saturated heterocycles. The fourth-order valence-electron chi connectivity index (χ4n) is 5.74. The maximum Gasteiger partial charge on any atom is 0.407 e. The number of carbonyl (C=O) groups excluding carboxylic acids is 2. The van der Waals surface area contributed by atoms with Crippen molar-refractivity contribution in [2.24, 2.45) is 0 Å². The van der Waals surface area contributed by atoms with Crippen LogP contribution in [0.4, 0.5) is 22.1 Å². The largest absolute Gasteiger partial charge is 0.459 e. The van der Waals surface area contributed by atoms with Crippen LogP contribution in [0.15, 0.2) is 54.7 Å². The van der Waals surface area contributed by atoms with E-state index in [0.717, 1.165) is 60.8 Å². The van der Waals surface area contributed by atoms with Crippen molar-refractivity contribution >= 4 is 29.4 Å². The van der Waals surface area contributed by atoms with Crippen LogP contribution in [0.5, 0.6) is 0 Å². The summed E-state index contributed by atoms with van der Waals surface area (Å²) in [6.45, 7) is 22.7. The van der Waals surface area contributed by atoms with Crippen molar-refractivity contribution in [1.82, 2.24) is 25.5 Å². The van der Waals surface area contributed by atoms with Crippen molar-refractivity contribution in [2.45, 2.75) is 105 Å². The molecule has 2 aromatic carbocycles. The minimum absolute atomic E-state index is 0.181. The monoisotopic (exact) mass is 761 g/mol. The molecule has 0 radical (unpaired) electrons. The quantitative estimate of drug-likeness (QED) is 0.106. The predicted molar refractivity (Wildman–Crippen MR) is 218 cm³/mol. The third-order valence-electron chi connectivity index (χ3n) is 8.28. The van der Waals surface area contributed by atoms with Crippen LogP contribution in [0, 0.1) is 0 Å². The summed E-state index contributed by atoms with van der Waals surface area (Å²) < 4.78 is 22.7. The Balaban J connectivity index is 1.43. The molecule has 1 unspecified atom stereocenters. The number of nitrogens with zero attached hydrogens (tertiary/aromatic N) is 4. The smallest absolute Gasteiger partial charge is 0.407 e. The van der Waals surface area contributed by atoms with E-state index in [9.17, 15) is 9.59 Å². The lowest BCUT2D eigenvalue weighted by Crippen LogP contribution is -2.45. The molecule has 55 heavy (non-hydrogen) atoms. The summed E-state index contributed by atoms with van der Waals surface area (Å²) in [7, 11) is 2.07. The van der Waals surface area contributed by atoms with Crippen molar-refractivity contribution in [3.8, 4) is 11.3 Å². The summed E-state index contributed by atoms with van der Waals surface area (Å²) in [5, 5.41) is 9.65. The van der Waals surface area contributed by atoms with Crippen molar-refractivity contribution < 1.29 is 28.5 Å². The van der Waals surface area contributed by atoms with E-state index in [4.69, 9.17) is 23.9 Å². The lowest BCUT2D eigenvalue weighted by atomic mass is 10.1. The average Bonchev–Trinajstić information content (AvgIpc) is 3.09. The second-order valence-electron chi connectivity index (χ2n) is 17.0. The van der Waals surface area contributed by atoms with Gasteiger partial charge in [-0.3, -0.25) is 10.1 Å². The molecule has 0 saturated carbocycles. The number of anilines is 3. The molecule has 0 bridgehead atoms. The zero-order valence-electron chi connectivity index (χ0n) is 34.6. The van der Waals surface area contributed by atoms with Gasteiger partial charge in [-0.2, -0.15) is 0 Å². The maximum absolute atomic E-state index is 13.2. The Kier molecular flexibility index (Phi) is 15.4. The Morgan fingerprint density at radius 3 is 2.24 bits per heavy atom. The Hall–Kier alpha value is -4.30. The van der Waals surface area contributed by atoms with E-state index >= 15 is 0 Å². The van der Waals surface area contributed by atoms with Crippen LogP contribution in [0.3, 0.4) is 0 Å². The zero-order chi connectivity index (χ0) is 40.2. The molecule has 0 spiro atoms. The number of aromatic nitrogens is 2. The Morgan fingerprint density at radius 2 is 1.58 bits per heavy atom. The van der Waals surface area contributed by atoms with E-state index in [1.165, 1.54) is 5.56 Å². The van der Waals surface area contributed by atoms with Crippen molar-refractivity contribution in [1.29, 1.82) is 0 Å². The molecule has 0 aliphatic carbocycles. The highest BCUT2D eigenvalue weighted by Gasteiger charge is 2.27. The first-order valence-corrected chi connectivity index (χ1v) is 19.2. The standard InChI is InChI=1S/C42H63N7O6/c1-40(2,3)53-29-36(37(50)54-41(4,5)6)45-27-31-24-33(26-34(25-31)49-20-22-52-23-21-49)46-38-43-18-16-35(47-38)32-14-12-30(13-15-32)28-48(10)19-11-17-44-39(51)55-42(7,8)9/h12-16,18,24-26,36,45H,11,17,19-23,27-29H2,1-10H3,(H,44,51)(H,43,46,47). The van der Waals surface area contributed by atoms with Crippen LogP contribution in [-0.2, 0) is 36.8 Å². The Morgan fingerprint density at radius 1 is 0.891 bits per heavy atom. The highest BCUT2D eigenvalue weighted by molar-refractivity contribution is 5.76. The number of esters is 1. The number of alkyl carbamates (subject to hydrolysis) is 1. The van der Waals surface area contributed by atoms with Gasteiger partial charge in [-0.1, -0.05) is 24.3 Å². The van der Waals surface area contributed by atoms with Gasteiger partial charge in [0.15, 0.2) is 0 Å². The normalized spacial score (nSPS) is 14.4. The van der Waals surface area contributed by atoms with Crippen LogP contribution in [0.1, 0.15) is 79.9 Å². The van der Waals surface area contributed by atoms with Crippen LogP contribution in [0.25, 0.3) is 11.3 Å².